The van der Waals surface area contributed by atoms with Crippen LogP contribution in [0.1, 0.15) is 12.8 Å². The van der Waals surface area contributed by atoms with Crippen LogP contribution in [0.3, 0.4) is 0 Å². The number of rotatable bonds is 1. The first-order chi connectivity index (χ1) is 8.16. The minimum atomic E-state index is -0.678. The highest BCUT2D eigenvalue weighted by atomic mass is 19.1. The van der Waals surface area contributed by atoms with Crippen LogP contribution in [-0.4, -0.2) is 29.9 Å². The van der Waals surface area contributed by atoms with Crippen molar-refractivity contribution in [3.63, 3.8) is 0 Å². The minimum Gasteiger partial charge on any atom is -0.407 e. The van der Waals surface area contributed by atoms with Crippen LogP contribution in [0.2, 0.25) is 0 Å². The third kappa shape index (κ3) is 2.81. The molecule has 1 fully saturated rings. The first-order valence-electron chi connectivity index (χ1n) is 5.40. The summed E-state index contributed by atoms with van der Waals surface area (Å²) in [5, 5.41) is 0. The SMILES string of the molecule is O=C1CCCN(C(=O)Oc2ccccc2F)C1. The molecule has 1 aromatic carbocycles. The van der Waals surface area contributed by atoms with Crippen LogP contribution in [-0.2, 0) is 4.79 Å². The largest absolute Gasteiger partial charge is 0.415 e. The highest BCUT2D eigenvalue weighted by Crippen LogP contribution is 2.17. The molecule has 0 aromatic heterocycles. The van der Waals surface area contributed by atoms with Gasteiger partial charge in [0.2, 0.25) is 0 Å². The molecule has 0 saturated carbocycles. The van der Waals surface area contributed by atoms with Crippen LogP contribution in [0.15, 0.2) is 24.3 Å². The van der Waals surface area contributed by atoms with Gasteiger partial charge in [-0.2, -0.15) is 0 Å². The van der Waals surface area contributed by atoms with Crippen molar-refractivity contribution in [2.75, 3.05) is 13.1 Å². The number of ether oxygens (including phenoxy) is 1. The summed E-state index contributed by atoms with van der Waals surface area (Å²) in [4.78, 5) is 24.1. The van der Waals surface area contributed by atoms with E-state index in [1.54, 1.807) is 6.07 Å². The summed E-state index contributed by atoms with van der Waals surface area (Å²) >= 11 is 0. The van der Waals surface area contributed by atoms with E-state index in [0.29, 0.717) is 19.4 Å². The first-order valence-corrected chi connectivity index (χ1v) is 5.40. The molecule has 0 spiro atoms. The second-order valence-corrected chi connectivity index (χ2v) is 3.86. The van der Waals surface area contributed by atoms with E-state index >= 15 is 0 Å². The number of Topliss-reactive ketones (excluding diaryl/α,β-unsaturated/α-hetero) is 1. The van der Waals surface area contributed by atoms with E-state index in [1.807, 2.05) is 0 Å². The lowest BCUT2D eigenvalue weighted by molar-refractivity contribution is -0.121. The summed E-state index contributed by atoms with van der Waals surface area (Å²) in [6.07, 6.45) is 0.442. The quantitative estimate of drug-likeness (QED) is 0.750. The zero-order chi connectivity index (χ0) is 12.3. The van der Waals surface area contributed by atoms with E-state index < -0.39 is 11.9 Å². The monoisotopic (exact) mass is 237 g/mol. The number of carbonyl (C=O) groups excluding carboxylic acids is 2. The summed E-state index contributed by atoms with van der Waals surface area (Å²) in [5.74, 6) is -0.707. The number of hydrogen-bond acceptors (Lipinski definition) is 3. The molecule has 0 unspecified atom stereocenters. The molecule has 0 N–H and O–H groups in total. The lowest BCUT2D eigenvalue weighted by Gasteiger charge is -2.24. The van der Waals surface area contributed by atoms with E-state index in [2.05, 4.69) is 0 Å². The van der Waals surface area contributed by atoms with Crippen LogP contribution in [0.4, 0.5) is 9.18 Å². The number of piperidine rings is 1. The third-order valence-corrected chi connectivity index (χ3v) is 2.54. The van der Waals surface area contributed by atoms with Gasteiger partial charge in [0.1, 0.15) is 0 Å². The predicted molar refractivity (Wildman–Crippen MR) is 58.2 cm³/mol. The topological polar surface area (TPSA) is 46.6 Å². The molecule has 0 radical (unpaired) electrons. The van der Waals surface area contributed by atoms with E-state index in [1.165, 1.54) is 23.1 Å². The number of likely N-dealkylation sites (tertiary alicyclic amines) is 1. The van der Waals surface area contributed by atoms with Crippen LogP contribution in [0.5, 0.6) is 5.75 Å². The Hall–Kier alpha value is -1.91. The van der Waals surface area contributed by atoms with Gasteiger partial charge in [0.25, 0.3) is 0 Å². The normalized spacial score (nSPS) is 15.8. The average molecular weight is 237 g/mol. The molecule has 2 rings (SSSR count). The maximum Gasteiger partial charge on any atom is 0.415 e. The second kappa shape index (κ2) is 4.95. The molecule has 1 heterocycles. The van der Waals surface area contributed by atoms with E-state index in [4.69, 9.17) is 4.74 Å². The Morgan fingerprint density at radius 1 is 1.35 bits per heavy atom. The predicted octanol–water partition coefficient (Wildman–Crippen LogP) is 1.99. The molecule has 1 aliphatic rings. The minimum absolute atomic E-state index is 0.00161. The molecule has 17 heavy (non-hydrogen) atoms. The number of amides is 1. The molecule has 1 aromatic rings. The van der Waals surface area contributed by atoms with Gasteiger partial charge in [0, 0.05) is 13.0 Å². The lowest BCUT2D eigenvalue weighted by Crippen LogP contribution is -2.41. The molecule has 1 saturated heterocycles. The van der Waals surface area contributed by atoms with Crippen molar-refractivity contribution in [3.8, 4) is 5.75 Å². The van der Waals surface area contributed by atoms with Crippen molar-refractivity contribution in [1.29, 1.82) is 0 Å². The Morgan fingerprint density at radius 3 is 2.82 bits per heavy atom. The summed E-state index contributed by atoms with van der Waals surface area (Å²) in [7, 11) is 0. The fraction of sp³-hybridized carbons (Fsp3) is 0.333. The molecule has 0 atom stereocenters. The van der Waals surface area contributed by atoms with Gasteiger partial charge >= 0.3 is 6.09 Å². The highest BCUT2D eigenvalue weighted by Gasteiger charge is 2.23. The second-order valence-electron chi connectivity index (χ2n) is 3.86. The highest BCUT2D eigenvalue weighted by molar-refractivity contribution is 5.85. The maximum absolute atomic E-state index is 13.2. The van der Waals surface area contributed by atoms with Crippen molar-refractivity contribution >= 4 is 11.9 Å². The molecule has 5 heteroatoms. The summed E-state index contributed by atoms with van der Waals surface area (Å²) < 4.78 is 18.1. The standard InChI is InChI=1S/C12H12FNO3/c13-10-5-1-2-6-11(10)17-12(16)14-7-3-4-9(15)8-14/h1-2,5-6H,3-4,7-8H2. The number of para-hydroxylation sites is 1. The van der Waals surface area contributed by atoms with Gasteiger partial charge in [-0.1, -0.05) is 12.1 Å². The molecular weight excluding hydrogens is 225 g/mol. The Kier molecular flexibility index (Phi) is 3.37. The lowest BCUT2D eigenvalue weighted by atomic mass is 10.1. The van der Waals surface area contributed by atoms with Gasteiger partial charge in [0.15, 0.2) is 17.3 Å². The number of ketones is 1. The molecule has 4 nitrogen and oxygen atoms in total. The van der Waals surface area contributed by atoms with Crippen LogP contribution >= 0.6 is 0 Å². The zero-order valence-corrected chi connectivity index (χ0v) is 9.19. The van der Waals surface area contributed by atoms with Crippen molar-refractivity contribution in [3.05, 3.63) is 30.1 Å². The molecule has 1 amide bonds. The molecule has 0 aliphatic carbocycles. The number of benzene rings is 1. The maximum atomic E-state index is 13.2. The molecule has 1 aliphatic heterocycles. The third-order valence-electron chi connectivity index (χ3n) is 2.54. The van der Waals surface area contributed by atoms with Crippen molar-refractivity contribution in [2.24, 2.45) is 0 Å². The summed E-state index contributed by atoms with van der Waals surface area (Å²) in [6.45, 7) is 0.520. The number of carbonyl (C=O) groups is 2. The number of nitrogens with zero attached hydrogens (tertiary/aromatic N) is 1. The smallest absolute Gasteiger partial charge is 0.407 e. The summed E-state index contributed by atoms with van der Waals surface area (Å²) in [5.41, 5.74) is 0. The molecular formula is C12H12FNO3. The Morgan fingerprint density at radius 2 is 2.12 bits per heavy atom. The van der Waals surface area contributed by atoms with Crippen LogP contribution < -0.4 is 4.74 Å². The van der Waals surface area contributed by atoms with Gasteiger partial charge in [-0.05, 0) is 18.6 Å². The fourth-order valence-electron chi connectivity index (χ4n) is 1.68. The van der Waals surface area contributed by atoms with Gasteiger partial charge < -0.3 is 9.64 Å². The van der Waals surface area contributed by atoms with E-state index in [0.717, 1.165) is 0 Å². The van der Waals surface area contributed by atoms with E-state index in [-0.39, 0.29) is 18.1 Å². The van der Waals surface area contributed by atoms with Crippen molar-refractivity contribution < 1.29 is 18.7 Å². The number of halogens is 1. The zero-order valence-electron chi connectivity index (χ0n) is 9.19. The molecule has 0 bridgehead atoms. The Balaban J connectivity index is 2.02. The van der Waals surface area contributed by atoms with Gasteiger partial charge in [-0.25, -0.2) is 9.18 Å². The van der Waals surface area contributed by atoms with Crippen molar-refractivity contribution in [2.45, 2.75) is 12.8 Å². The summed E-state index contributed by atoms with van der Waals surface area (Å²) in [6, 6.07) is 5.67. The first kappa shape index (κ1) is 11.6. The average Bonchev–Trinajstić information content (AvgIpc) is 2.32. The van der Waals surface area contributed by atoms with Gasteiger partial charge in [-0.3, -0.25) is 4.79 Å². The number of hydrogen-bond donors (Lipinski definition) is 0. The van der Waals surface area contributed by atoms with Gasteiger partial charge in [-0.15, -0.1) is 0 Å². The van der Waals surface area contributed by atoms with Crippen LogP contribution in [0.25, 0.3) is 0 Å². The Labute approximate surface area is 98.0 Å². The Bertz CT molecular complexity index is 447. The fourth-order valence-corrected chi connectivity index (χ4v) is 1.68. The van der Waals surface area contributed by atoms with E-state index in [9.17, 15) is 14.0 Å². The van der Waals surface area contributed by atoms with Crippen LogP contribution in [0, 0.1) is 5.82 Å². The van der Waals surface area contributed by atoms with Gasteiger partial charge in [0.05, 0.1) is 6.54 Å². The molecule has 90 valence electrons. The van der Waals surface area contributed by atoms with Crippen molar-refractivity contribution in [1.82, 2.24) is 4.90 Å².